The van der Waals surface area contributed by atoms with Gasteiger partial charge < -0.3 is 0 Å². The lowest BCUT2D eigenvalue weighted by molar-refractivity contribution is 0.811. The third kappa shape index (κ3) is 5.36. The summed E-state index contributed by atoms with van der Waals surface area (Å²) in [6, 6.07) is 8.20. The van der Waals surface area contributed by atoms with Crippen LogP contribution in [0.15, 0.2) is 39.0 Å². The van der Waals surface area contributed by atoms with E-state index in [0.717, 1.165) is 15.4 Å². The number of hydrogen-bond donors (Lipinski definition) is 0. The van der Waals surface area contributed by atoms with Crippen LogP contribution in [0.2, 0.25) is 0 Å². The van der Waals surface area contributed by atoms with E-state index in [1.165, 1.54) is 18.4 Å². The van der Waals surface area contributed by atoms with E-state index in [4.69, 9.17) is 0 Å². The molecule has 0 saturated heterocycles. The Labute approximate surface area is 108 Å². The van der Waals surface area contributed by atoms with E-state index in [-0.39, 0.29) is 0 Å². The van der Waals surface area contributed by atoms with Gasteiger partial charge in [0.15, 0.2) is 0 Å². The summed E-state index contributed by atoms with van der Waals surface area (Å²) in [7, 11) is 0. The second-order valence-corrected chi connectivity index (χ2v) is 5.22. The van der Waals surface area contributed by atoms with Crippen LogP contribution in [0.4, 0.5) is 0 Å². The maximum atomic E-state index is 3.52. The highest BCUT2D eigenvalue weighted by Gasteiger charge is 1.89. The predicted molar refractivity (Wildman–Crippen MR) is 74.1 cm³/mol. The molecule has 0 saturated carbocycles. The van der Waals surface area contributed by atoms with Gasteiger partial charge in [-0.1, -0.05) is 41.4 Å². The zero-order valence-corrected chi connectivity index (χ0v) is 11.9. The molecule has 1 aromatic rings. The average Bonchev–Trinajstić information content (AvgIpc) is 2.25. The van der Waals surface area contributed by atoms with E-state index in [2.05, 4.69) is 56.6 Å². The summed E-state index contributed by atoms with van der Waals surface area (Å²) >= 11 is 6.93. The summed E-state index contributed by atoms with van der Waals surface area (Å²) in [6.45, 7) is 2.19. The highest BCUT2D eigenvalue weighted by molar-refractivity contribution is 9.11. The molecule has 2 heteroatoms. The normalized spacial score (nSPS) is 9.53. The van der Waals surface area contributed by atoms with Crippen LogP contribution >= 0.6 is 31.9 Å². The van der Waals surface area contributed by atoms with E-state index in [0.29, 0.717) is 0 Å². The molecule has 0 N–H and O–H groups in total. The molecular weight excluding hydrogens is 316 g/mol. The molecule has 0 heterocycles. The highest BCUT2D eigenvalue weighted by atomic mass is 79.9. The van der Waals surface area contributed by atoms with Gasteiger partial charge in [0.2, 0.25) is 0 Å². The standard InChI is InChI=1S/C13H14Br2/c1-2-3-4-12(14)8-5-11-6-9-13(15)10-7-11/h5-7,9-10H,2-4H2,1H3. The van der Waals surface area contributed by atoms with Crippen molar-refractivity contribution >= 4 is 37.9 Å². The molecule has 0 atom stereocenters. The van der Waals surface area contributed by atoms with E-state index in [1.54, 1.807) is 0 Å². The van der Waals surface area contributed by atoms with Crippen LogP contribution in [0, 0.1) is 0 Å². The van der Waals surface area contributed by atoms with Gasteiger partial charge in [0.25, 0.3) is 0 Å². The van der Waals surface area contributed by atoms with Crippen molar-refractivity contribution < 1.29 is 0 Å². The molecule has 0 aliphatic heterocycles. The van der Waals surface area contributed by atoms with Gasteiger partial charge in [0, 0.05) is 8.96 Å². The maximum Gasteiger partial charge on any atom is 0.0368 e. The molecule has 1 rings (SSSR count). The van der Waals surface area contributed by atoms with Gasteiger partial charge in [0.05, 0.1) is 0 Å². The fourth-order valence-corrected chi connectivity index (χ4v) is 1.78. The minimum atomic E-state index is 1.07. The lowest BCUT2D eigenvalue weighted by Crippen LogP contribution is -1.72. The van der Waals surface area contributed by atoms with Crippen LogP contribution in [0.5, 0.6) is 0 Å². The third-order valence-corrected chi connectivity index (χ3v) is 3.17. The molecule has 1 aromatic carbocycles. The molecule has 15 heavy (non-hydrogen) atoms. The summed E-state index contributed by atoms with van der Waals surface area (Å²) < 4.78 is 2.25. The lowest BCUT2D eigenvalue weighted by atomic mass is 10.2. The Bertz CT molecular complexity index is 357. The lowest BCUT2D eigenvalue weighted by Gasteiger charge is -1.93. The molecule has 0 unspecified atom stereocenters. The van der Waals surface area contributed by atoms with Gasteiger partial charge in [-0.2, -0.15) is 0 Å². The highest BCUT2D eigenvalue weighted by Crippen LogP contribution is 2.15. The number of halogens is 2. The van der Waals surface area contributed by atoms with E-state index in [1.807, 2.05) is 18.2 Å². The fraction of sp³-hybridized carbons (Fsp3) is 0.308. The second-order valence-electron chi connectivity index (χ2n) is 3.35. The maximum absolute atomic E-state index is 3.52. The molecule has 0 radical (unpaired) electrons. The smallest absolute Gasteiger partial charge is 0.0368 e. The van der Waals surface area contributed by atoms with Gasteiger partial charge in [-0.15, -0.1) is 5.73 Å². The third-order valence-electron chi connectivity index (χ3n) is 2.02. The summed E-state index contributed by atoms with van der Waals surface area (Å²) in [5.41, 5.74) is 4.42. The van der Waals surface area contributed by atoms with Crippen molar-refractivity contribution in [2.24, 2.45) is 0 Å². The van der Waals surface area contributed by atoms with Crippen LogP contribution in [-0.2, 0) is 0 Å². The summed E-state index contributed by atoms with van der Waals surface area (Å²) in [6.07, 6.45) is 5.51. The largest absolute Gasteiger partial charge is 0.109 e. The van der Waals surface area contributed by atoms with Gasteiger partial charge in [-0.3, -0.25) is 0 Å². The van der Waals surface area contributed by atoms with Crippen LogP contribution in [0.3, 0.4) is 0 Å². The number of unbranched alkanes of at least 4 members (excludes halogenated alkanes) is 1. The first-order valence-electron chi connectivity index (χ1n) is 5.09. The molecular formula is C13H14Br2. The van der Waals surface area contributed by atoms with Crippen molar-refractivity contribution in [1.29, 1.82) is 0 Å². The van der Waals surface area contributed by atoms with Crippen LogP contribution in [-0.4, -0.2) is 0 Å². The van der Waals surface area contributed by atoms with Gasteiger partial charge in [-0.25, -0.2) is 0 Å². The molecule has 80 valence electrons. The molecule has 0 spiro atoms. The number of benzene rings is 1. The Morgan fingerprint density at radius 1 is 1.33 bits per heavy atom. The molecule has 0 bridgehead atoms. The summed E-state index contributed by atoms with van der Waals surface area (Å²) in [4.78, 5) is 0. The SMILES string of the molecule is CCCCC(Br)=C=Cc1ccc(Br)cc1. The zero-order valence-electron chi connectivity index (χ0n) is 8.76. The van der Waals surface area contributed by atoms with Crippen molar-refractivity contribution in [3.8, 4) is 0 Å². The Kier molecular flexibility index (Phi) is 6.00. The van der Waals surface area contributed by atoms with E-state index >= 15 is 0 Å². The van der Waals surface area contributed by atoms with Gasteiger partial charge in [0.1, 0.15) is 0 Å². The molecule has 0 aromatic heterocycles. The first-order valence-corrected chi connectivity index (χ1v) is 6.67. The van der Waals surface area contributed by atoms with Gasteiger partial charge >= 0.3 is 0 Å². The minimum Gasteiger partial charge on any atom is -0.109 e. The van der Waals surface area contributed by atoms with E-state index < -0.39 is 0 Å². The number of hydrogen-bond acceptors (Lipinski definition) is 0. The molecule has 0 aliphatic carbocycles. The van der Waals surface area contributed by atoms with Crippen molar-refractivity contribution in [3.05, 3.63) is 44.5 Å². The summed E-state index contributed by atoms with van der Waals surface area (Å²) in [5, 5.41) is 0. The van der Waals surface area contributed by atoms with Crippen LogP contribution < -0.4 is 0 Å². The van der Waals surface area contributed by atoms with Gasteiger partial charge in [-0.05, 0) is 52.5 Å². The molecule has 0 nitrogen and oxygen atoms in total. The monoisotopic (exact) mass is 328 g/mol. The summed E-state index contributed by atoms with van der Waals surface area (Å²) in [5.74, 6) is 0. The van der Waals surface area contributed by atoms with Crippen molar-refractivity contribution in [2.75, 3.05) is 0 Å². The molecule has 0 amide bonds. The Morgan fingerprint density at radius 2 is 2.00 bits per heavy atom. The van der Waals surface area contributed by atoms with Crippen molar-refractivity contribution in [2.45, 2.75) is 26.2 Å². The predicted octanol–water partition coefficient (Wildman–Crippen LogP) is 5.53. The first kappa shape index (κ1) is 12.8. The number of rotatable bonds is 4. The Hall–Kier alpha value is -0.300. The van der Waals surface area contributed by atoms with Crippen molar-refractivity contribution in [1.82, 2.24) is 0 Å². The van der Waals surface area contributed by atoms with E-state index in [9.17, 15) is 0 Å². The topological polar surface area (TPSA) is 0 Å². The van der Waals surface area contributed by atoms with Crippen LogP contribution in [0.1, 0.15) is 31.7 Å². The number of allylic oxidation sites excluding steroid dienone is 1. The van der Waals surface area contributed by atoms with Crippen molar-refractivity contribution in [3.63, 3.8) is 0 Å². The molecule has 0 fully saturated rings. The minimum absolute atomic E-state index is 1.07. The van der Waals surface area contributed by atoms with Crippen LogP contribution in [0.25, 0.3) is 6.08 Å². The fourth-order valence-electron chi connectivity index (χ4n) is 1.12. The Balaban J connectivity index is 2.67. The quantitative estimate of drug-likeness (QED) is 0.637. The second kappa shape index (κ2) is 7.05. The average molecular weight is 330 g/mol. The first-order chi connectivity index (χ1) is 7.22. The Morgan fingerprint density at radius 3 is 2.60 bits per heavy atom. The zero-order chi connectivity index (χ0) is 11.1. The molecule has 0 aliphatic rings.